The summed E-state index contributed by atoms with van der Waals surface area (Å²) in [6, 6.07) is 19.7. The maximum absolute atomic E-state index is 12.7. The largest absolute Gasteiger partial charge is 0.462 e. The summed E-state index contributed by atoms with van der Waals surface area (Å²) in [7, 11) is 0. The van der Waals surface area contributed by atoms with Gasteiger partial charge < -0.3 is 14.4 Å². The Labute approximate surface area is 171 Å². The van der Waals surface area contributed by atoms with Crippen molar-refractivity contribution < 1.29 is 19.1 Å². The van der Waals surface area contributed by atoms with Gasteiger partial charge in [0.25, 0.3) is 0 Å². The lowest BCUT2D eigenvalue weighted by Gasteiger charge is -2.30. The van der Waals surface area contributed by atoms with Crippen LogP contribution in [-0.2, 0) is 19.1 Å². The third kappa shape index (κ3) is 4.74. The maximum Gasteiger partial charge on any atom is 0.340 e. The minimum atomic E-state index is -0.540. The van der Waals surface area contributed by atoms with E-state index in [0.717, 1.165) is 11.3 Å². The molecule has 5 nitrogen and oxygen atoms in total. The first-order valence-corrected chi connectivity index (χ1v) is 9.80. The standard InChI is InChI=1S/C24H25NO4/c1-3-28-23(26)20-15-16-22(18-11-7-5-8-12-18)25(19-13-9-6-10-14-19)17-21(20)24(27)29-4-2/h5-15,17,22H,3-4,16H2,1-2H3. The quantitative estimate of drug-likeness (QED) is 0.675. The molecule has 0 bridgehead atoms. The highest BCUT2D eigenvalue weighted by Crippen LogP contribution is 2.35. The highest BCUT2D eigenvalue weighted by atomic mass is 16.5. The van der Waals surface area contributed by atoms with Crippen molar-refractivity contribution >= 4 is 17.6 Å². The molecule has 2 aromatic rings. The Hall–Kier alpha value is -3.34. The minimum absolute atomic E-state index is 0.0880. The Morgan fingerprint density at radius 3 is 2.00 bits per heavy atom. The Kier molecular flexibility index (Phi) is 6.85. The Bertz CT molecular complexity index is 903. The second kappa shape index (κ2) is 9.73. The van der Waals surface area contributed by atoms with Crippen LogP contribution < -0.4 is 4.90 Å². The molecule has 0 aromatic heterocycles. The van der Waals surface area contributed by atoms with Crippen molar-refractivity contribution in [3.63, 3.8) is 0 Å². The van der Waals surface area contributed by atoms with Gasteiger partial charge in [-0.15, -0.1) is 0 Å². The summed E-state index contributed by atoms with van der Waals surface area (Å²) < 4.78 is 10.4. The number of anilines is 1. The normalized spacial score (nSPS) is 16.3. The number of ether oxygens (including phenoxy) is 2. The van der Waals surface area contributed by atoms with E-state index in [0.29, 0.717) is 6.42 Å². The molecule has 1 unspecified atom stereocenters. The molecule has 1 aliphatic rings. The van der Waals surface area contributed by atoms with E-state index >= 15 is 0 Å². The molecule has 29 heavy (non-hydrogen) atoms. The van der Waals surface area contributed by atoms with Gasteiger partial charge in [0.15, 0.2) is 0 Å². The molecule has 0 radical (unpaired) electrons. The molecule has 0 aliphatic carbocycles. The van der Waals surface area contributed by atoms with Crippen molar-refractivity contribution in [2.45, 2.75) is 26.3 Å². The van der Waals surface area contributed by atoms with E-state index < -0.39 is 11.9 Å². The second-order valence-electron chi connectivity index (χ2n) is 6.51. The van der Waals surface area contributed by atoms with Crippen molar-refractivity contribution in [2.24, 2.45) is 0 Å². The van der Waals surface area contributed by atoms with Gasteiger partial charge in [0.2, 0.25) is 0 Å². The zero-order valence-electron chi connectivity index (χ0n) is 16.7. The molecular formula is C24H25NO4. The summed E-state index contributed by atoms with van der Waals surface area (Å²) >= 11 is 0. The van der Waals surface area contributed by atoms with Crippen LogP contribution in [0.4, 0.5) is 5.69 Å². The molecule has 0 saturated heterocycles. The SMILES string of the molecule is CCOC(=O)C1=CCC(c2ccccc2)N(c2ccccc2)C=C1C(=O)OCC. The first-order chi connectivity index (χ1) is 14.2. The van der Waals surface area contributed by atoms with Gasteiger partial charge in [0.05, 0.1) is 30.4 Å². The van der Waals surface area contributed by atoms with Gasteiger partial charge in [-0.3, -0.25) is 0 Å². The molecule has 5 heteroatoms. The molecule has 1 heterocycles. The third-order valence-corrected chi connectivity index (χ3v) is 4.67. The van der Waals surface area contributed by atoms with Gasteiger partial charge in [-0.25, -0.2) is 9.59 Å². The van der Waals surface area contributed by atoms with Gasteiger partial charge >= 0.3 is 11.9 Å². The number of hydrogen-bond acceptors (Lipinski definition) is 5. The lowest BCUT2D eigenvalue weighted by molar-refractivity contribution is -0.142. The molecule has 2 aromatic carbocycles. The topological polar surface area (TPSA) is 55.8 Å². The first kappa shape index (κ1) is 20.4. The zero-order chi connectivity index (χ0) is 20.6. The van der Waals surface area contributed by atoms with Crippen LogP contribution in [0.15, 0.2) is 84.1 Å². The van der Waals surface area contributed by atoms with Gasteiger partial charge in [-0.05, 0) is 38.0 Å². The first-order valence-electron chi connectivity index (χ1n) is 9.80. The lowest BCUT2D eigenvalue weighted by Crippen LogP contribution is -2.24. The molecule has 0 N–H and O–H groups in total. The molecule has 3 rings (SSSR count). The summed E-state index contributed by atoms with van der Waals surface area (Å²) in [6.07, 6.45) is 4.02. The molecule has 1 aliphatic heterocycles. The Balaban J connectivity index is 2.14. The van der Waals surface area contributed by atoms with Crippen molar-refractivity contribution in [3.05, 3.63) is 89.6 Å². The van der Waals surface area contributed by atoms with Crippen LogP contribution in [-0.4, -0.2) is 25.2 Å². The van der Waals surface area contributed by atoms with Gasteiger partial charge in [-0.2, -0.15) is 0 Å². The number of esters is 2. The van der Waals surface area contributed by atoms with E-state index in [9.17, 15) is 9.59 Å². The lowest BCUT2D eigenvalue weighted by atomic mass is 10.0. The average molecular weight is 391 g/mol. The van der Waals surface area contributed by atoms with Crippen LogP contribution in [0.2, 0.25) is 0 Å². The van der Waals surface area contributed by atoms with Crippen LogP contribution in [0.5, 0.6) is 0 Å². The van der Waals surface area contributed by atoms with Crippen LogP contribution in [0.3, 0.4) is 0 Å². The van der Waals surface area contributed by atoms with Crippen molar-refractivity contribution in [3.8, 4) is 0 Å². The van der Waals surface area contributed by atoms with Crippen molar-refractivity contribution in [1.29, 1.82) is 0 Å². The maximum atomic E-state index is 12.7. The van der Waals surface area contributed by atoms with Crippen LogP contribution in [0.25, 0.3) is 0 Å². The molecule has 1 atom stereocenters. The fourth-order valence-corrected chi connectivity index (χ4v) is 3.35. The number of para-hydroxylation sites is 1. The number of carbonyl (C=O) groups is 2. The van der Waals surface area contributed by atoms with E-state index in [1.165, 1.54) is 0 Å². The monoisotopic (exact) mass is 391 g/mol. The Morgan fingerprint density at radius 2 is 1.41 bits per heavy atom. The number of nitrogens with zero attached hydrogens (tertiary/aromatic N) is 1. The predicted octanol–water partition coefficient (Wildman–Crippen LogP) is 4.57. The molecule has 150 valence electrons. The van der Waals surface area contributed by atoms with E-state index in [-0.39, 0.29) is 30.4 Å². The predicted molar refractivity (Wildman–Crippen MR) is 112 cm³/mol. The minimum Gasteiger partial charge on any atom is -0.462 e. The van der Waals surface area contributed by atoms with E-state index in [2.05, 4.69) is 0 Å². The zero-order valence-corrected chi connectivity index (χ0v) is 16.7. The number of benzene rings is 2. The molecule has 0 amide bonds. The summed E-state index contributed by atoms with van der Waals surface area (Å²) in [5.74, 6) is -1.06. The highest BCUT2D eigenvalue weighted by Gasteiger charge is 2.30. The number of rotatable bonds is 6. The number of hydrogen-bond donors (Lipinski definition) is 0. The molecule has 0 saturated carbocycles. The van der Waals surface area contributed by atoms with Crippen molar-refractivity contribution in [1.82, 2.24) is 0 Å². The Morgan fingerprint density at radius 1 is 0.862 bits per heavy atom. The van der Waals surface area contributed by atoms with Crippen LogP contribution >= 0.6 is 0 Å². The summed E-state index contributed by atoms with van der Waals surface area (Å²) in [5.41, 5.74) is 2.44. The second-order valence-corrected chi connectivity index (χ2v) is 6.51. The number of carbonyl (C=O) groups excluding carboxylic acids is 2. The van der Waals surface area contributed by atoms with Crippen LogP contribution in [0, 0.1) is 0 Å². The summed E-state index contributed by atoms with van der Waals surface area (Å²) in [4.78, 5) is 27.3. The summed E-state index contributed by atoms with van der Waals surface area (Å²) in [5, 5.41) is 0. The van der Waals surface area contributed by atoms with Crippen molar-refractivity contribution in [2.75, 3.05) is 18.1 Å². The van der Waals surface area contributed by atoms with E-state index in [1.807, 2.05) is 65.6 Å². The molecule has 0 fully saturated rings. The summed E-state index contributed by atoms with van der Waals surface area (Å²) in [6.45, 7) is 3.94. The van der Waals surface area contributed by atoms with Gasteiger partial charge in [0.1, 0.15) is 0 Å². The van der Waals surface area contributed by atoms with Gasteiger partial charge in [-0.1, -0.05) is 54.6 Å². The highest BCUT2D eigenvalue weighted by molar-refractivity contribution is 6.07. The van der Waals surface area contributed by atoms with E-state index in [1.54, 1.807) is 26.1 Å². The van der Waals surface area contributed by atoms with Gasteiger partial charge in [0, 0.05) is 11.9 Å². The fourth-order valence-electron chi connectivity index (χ4n) is 3.35. The third-order valence-electron chi connectivity index (χ3n) is 4.67. The van der Waals surface area contributed by atoms with E-state index in [4.69, 9.17) is 9.47 Å². The fraction of sp³-hybridized carbons (Fsp3) is 0.250. The van der Waals surface area contributed by atoms with Crippen LogP contribution in [0.1, 0.15) is 31.9 Å². The average Bonchev–Trinajstić information content (AvgIpc) is 2.96. The molecule has 0 spiro atoms. The molecular weight excluding hydrogens is 366 g/mol. The smallest absolute Gasteiger partial charge is 0.340 e.